The standard InChI is InChI=1S/C7H10N2O/c1-9(2)7-8-5-3-4-6-10-7/h3-6H,1-2H3. The summed E-state index contributed by atoms with van der Waals surface area (Å²) in [5.41, 5.74) is 0. The maximum Gasteiger partial charge on any atom is 0.296 e. The number of amidine groups is 1. The number of hydrogen-bond donors (Lipinski definition) is 0. The van der Waals surface area contributed by atoms with Crippen LogP contribution in [0.5, 0.6) is 0 Å². The van der Waals surface area contributed by atoms with Crippen LogP contribution in [0.4, 0.5) is 0 Å². The molecule has 1 aliphatic rings. The summed E-state index contributed by atoms with van der Waals surface area (Å²) in [4.78, 5) is 5.81. The predicted octanol–water partition coefficient (Wildman–Crippen LogP) is 0.962. The average Bonchev–Trinajstić information content (AvgIpc) is 2.12. The Balaban J connectivity index is 2.68. The number of allylic oxidation sites excluding steroid dienone is 2. The number of hydrogen-bond acceptors (Lipinski definition) is 3. The fourth-order valence-corrected chi connectivity index (χ4v) is 0.553. The van der Waals surface area contributed by atoms with Crippen LogP contribution in [0.25, 0.3) is 0 Å². The normalized spacial score (nSPS) is 15.6. The number of rotatable bonds is 0. The van der Waals surface area contributed by atoms with Crippen molar-refractivity contribution in [2.45, 2.75) is 0 Å². The van der Waals surface area contributed by atoms with Crippen LogP contribution in [0.15, 0.2) is 29.6 Å². The van der Waals surface area contributed by atoms with E-state index in [0.29, 0.717) is 6.02 Å². The molecular weight excluding hydrogens is 128 g/mol. The fraction of sp³-hybridized carbons (Fsp3) is 0.286. The lowest BCUT2D eigenvalue weighted by atomic mass is 10.6. The molecule has 1 aliphatic heterocycles. The van der Waals surface area contributed by atoms with E-state index in [2.05, 4.69) is 4.99 Å². The van der Waals surface area contributed by atoms with E-state index in [9.17, 15) is 0 Å². The predicted molar refractivity (Wildman–Crippen MR) is 40.5 cm³/mol. The Morgan fingerprint density at radius 2 is 2.20 bits per heavy atom. The average molecular weight is 138 g/mol. The molecule has 0 unspecified atom stereocenters. The molecule has 0 fully saturated rings. The van der Waals surface area contributed by atoms with E-state index < -0.39 is 0 Å². The molecule has 0 spiro atoms. The van der Waals surface area contributed by atoms with E-state index in [1.54, 1.807) is 23.4 Å². The van der Waals surface area contributed by atoms with Crippen molar-refractivity contribution in [1.82, 2.24) is 4.90 Å². The van der Waals surface area contributed by atoms with E-state index in [1.165, 1.54) is 0 Å². The minimum absolute atomic E-state index is 0.602. The highest BCUT2D eigenvalue weighted by molar-refractivity contribution is 5.74. The van der Waals surface area contributed by atoms with Crippen molar-refractivity contribution in [1.29, 1.82) is 0 Å². The summed E-state index contributed by atoms with van der Waals surface area (Å²) < 4.78 is 5.10. The molecule has 3 heteroatoms. The second kappa shape index (κ2) is 3.06. The maximum absolute atomic E-state index is 5.10. The molecule has 0 atom stereocenters. The highest BCUT2D eigenvalue weighted by Gasteiger charge is 1.99. The van der Waals surface area contributed by atoms with Crippen LogP contribution in [0.3, 0.4) is 0 Å². The molecule has 1 heterocycles. The van der Waals surface area contributed by atoms with Gasteiger partial charge in [-0.2, -0.15) is 0 Å². The van der Waals surface area contributed by atoms with Crippen LogP contribution in [-0.4, -0.2) is 25.0 Å². The molecular formula is C7H10N2O. The van der Waals surface area contributed by atoms with Gasteiger partial charge in [-0.25, -0.2) is 4.99 Å². The Morgan fingerprint density at radius 3 is 2.90 bits per heavy atom. The molecule has 0 saturated carbocycles. The van der Waals surface area contributed by atoms with Gasteiger partial charge in [0.1, 0.15) is 0 Å². The number of aliphatic imine (C=N–C) groups is 1. The SMILES string of the molecule is CN(C)C1=NC=CC=CO1. The Bertz CT molecular complexity index is 192. The van der Waals surface area contributed by atoms with Crippen molar-refractivity contribution in [2.24, 2.45) is 4.99 Å². The van der Waals surface area contributed by atoms with E-state index in [1.807, 2.05) is 20.2 Å². The van der Waals surface area contributed by atoms with Crippen molar-refractivity contribution in [3.05, 3.63) is 24.6 Å². The molecule has 0 amide bonds. The number of nitrogens with zero attached hydrogens (tertiary/aromatic N) is 2. The molecule has 0 aromatic carbocycles. The van der Waals surface area contributed by atoms with Gasteiger partial charge < -0.3 is 9.64 Å². The molecule has 54 valence electrons. The van der Waals surface area contributed by atoms with Gasteiger partial charge in [0.05, 0.1) is 6.26 Å². The highest BCUT2D eigenvalue weighted by atomic mass is 16.5. The van der Waals surface area contributed by atoms with E-state index in [-0.39, 0.29) is 0 Å². The third kappa shape index (κ3) is 1.62. The molecule has 0 aromatic rings. The van der Waals surface area contributed by atoms with Gasteiger partial charge in [-0.3, -0.25) is 0 Å². The second-order valence-corrected chi connectivity index (χ2v) is 2.09. The lowest BCUT2D eigenvalue weighted by Gasteiger charge is -2.11. The first kappa shape index (κ1) is 6.86. The summed E-state index contributed by atoms with van der Waals surface area (Å²) >= 11 is 0. The third-order valence-corrected chi connectivity index (χ3v) is 1.02. The van der Waals surface area contributed by atoms with Crippen LogP contribution < -0.4 is 0 Å². The largest absolute Gasteiger partial charge is 0.434 e. The molecule has 0 aliphatic carbocycles. The van der Waals surface area contributed by atoms with Gasteiger partial charge >= 0.3 is 0 Å². The Hall–Kier alpha value is -1.25. The topological polar surface area (TPSA) is 24.8 Å². The first-order chi connectivity index (χ1) is 4.80. The summed E-state index contributed by atoms with van der Waals surface area (Å²) in [6.45, 7) is 0. The summed E-state index contributed by atoms with van der Waals surface area (Å²) in [5, 5.41) is 0. The lowest BCUT2D eigenvalue weighted by Crippen LogP contribution is -2.22. The van der Waals surface area contributed by atoms with Crippen LogP contribution in [0.1, 0.15) is 0 Å². The zero-order valence-electron chi connectivity index (χ0n) is 6.11. The van der Waals surface area contributed by atoms with Gasteiger partial charge in [-0.15, -0.1) is 0 Å². The molecule has 0 radical (unpaired) electrons. The van der Waals surface area contributed by atoms with Crippen molar-refractivity contribution in [2.75, 3.05) is 14.1 Å². The van der Waals surface area contributed by atoms with Gasteiger partial charge in [0.15, 0.2) is 0 Å². The zero-order chi connectivity index (χ0) is 7.40. The van der Waals surface area contributed by atoms with Crippen molar-refractivity contribution in [3.8, 4) is 0 Å². The van der Waals surface area contributed by atoms with Gasteiger partial charge in [0.25, 0.3) is 6.02 Å². The summed E-state index contributed by atoms with van der Waals surface area (Å²) in [6.07, 6.45) is 6.90. The Kier molecular flexibility index (Phi) is 2.10. The monoisotopic (exact) mass is 138 g/mol. The van der Waals surface area contributed by atoms with Crippen molar-refractivity contribution < 1.29 is 4.74 Å². The molecule has 0 aromatic heterocycles. The van der Waals surface area contributed by atoms with Crippen LogP contribution in [-0.2, 0) is 4.74 Å². The van der Waals surface area contributed by atoms with Gasteiger partial charge in [0, 0.05) is 20.3 Å². The van der Waals surface area contributed by atoms with Gasteiger partial charge in [0.2, 0.25) is 0 Å². The van der Waals surface area contributed by atoms with Gasteiger partial charge in [-0.1, -0.05) is 0 Å². The Labute approximate surface area is 60.3 Å². The summed E-state index contributed by atoms with van der Waals surface area (Å²) in [6, 6.07) is 0.602. The first-order valence-corrected chi connectivity index (χ1v) is 3.04. The molecule has 3 nitrogen and oxygen atoms in total. The van der Waals surface area contributed by atoms with Crippen molar-refractivity contribution in [3.63, 3.8) is 0 Å². The van der Waals surface area contributed by atoms with Gasteiger partial charge in [-0.05, 0) is 12.2 Å². The molecule has 1 rings (SSSR count). The zero-order valence-corrected chi connectivity index (χ0v) is 6.11. The highest BCUT2D eigenvalue weighted by Crippen LogP contribution is 1.94. The lowest BCUT2D eigenvalue weighted by molar-refractivity contribution is 0.380. The molecule has 0 bridgehead atoms. The third-order valence-electron chi connectivity index (χ3n) is 1.02. The van der Waals surface area contributed by atoms with Crippen LogP contribution >= 0.6 is 0 Å². The van der Waals surface area contributed by atoms with E-state index >= 15 is 0 Å². The fourth-order valence-electron chi connectivity index (χ4n) is 0.553. The molecule has 10 heavy (non-hydrogen) atoms. The second-order valence-electron chi connectivity index (χ2n) is 2.09. The minimum atomic E-state index is 0.602. The van der Waals surface area contributed by atoms with Crippen molar-refractivity contribution >= 4 is 6.02 Å². The quantitative estimate of drug-likeness (QED) is 0.498. The summed E-state index contributed by atoms with van der Waals surface area (Å²) in [7, 11) is 3.76. The summed E-state index contributed by atoms with van der Waals surface area (Å²) in [5.74, 6) is 0. The Morgan fingerprint density at radius 1 is 1.40 bits per heavy atom. The van der Waals surface area contributed by atoms with E-state index in [4.69, 9.17) is 4.74 Å². The minimum Gasteiger partial charge on any atom is -0.434 e. The van der Waals surface area contributed by atoms with E-state index in [0.717, 1.165) is 0 Å². The number of ether oxygens (including phenoxy) is 1. The first-order valence-electron chi connectivity index (χ1n) is 3.04. The van der Waals surface area contributed by atoms with Crippen LogP contribution in [0, 0.1) is 0 Å². The van der Waals surface area contributed by atoms with Crippen LogP contribution in [0.2, 0.25) is 0 Å². The smallest absolute Gasteiger partial charge is 0.296 e. The molecule has 0 N–H and O–H groups in total. The maximum atomic E-state index is 5.10. The molecule has 0 saturated heterocycles.